The number of amides is 1. The summed E-state index contributed by atoms with van der Waals surface area (Å²) < 4.78 is 6.41. The number of carbonyl (C=O) groups excluding carboxylic acids is 1. The summed E-state index contributed by atoms with van der Waals surface area (Å²) >= 11 is 8.06. The van der Waals surface area contributed by atoms with Gasteiger partial charge in [-0.2, -0.15) is 0 Å². The van der Waals surface area contributed by atoms with E-state index in [1.807, 2.05) is 30.3 Å². The molecule has 1 aliphatic rings. The van der Waals surface area contributed by atoms with Crippen molar-refractivity contribution in [3.63, 3.8) is 0 Å². The minimum atomic E-state index is -0.153. The second-order valence-electron chi connectivity index (χ2n) is 5.40. The van der Waals surface area contributed by atoms with Crippen molar-refractivity contribution in [3.05, 3.63) is 64.6 Å². The number of thioether (sulfide) groups is 2. The van der Waals surface area contributed by atoms with Crippen LogP contribution in [0.2, 0.25) is 0 Å². The van der Waals surface area contributed by atoms with Gasteiger partial charge in [0.1, 0.15) is 10.1 Å². The Balaban J connectivity index is 1.59. The van der Waals surface area contributed by atoms with Gasteiger partial charge in [0.2, 0.25) is 0 Å². The molecule has 3 nitrogen and oxygen atoms in total. The number of ether oxygens (including phenoxy) is 1. The average Bonchev–Trinajstić information content (AvgIpc) is 2.92. The summed E-state index contributed by atoms with van der Waals surface area (Å²) in [4.78, 5) is 13.6. The Morgan fingerprint density at radius 3 is 2.68 bits per heavy atom. The molecule has 1 N–H and O–H groups in total. The fourth-order valence-corrected chi connectivity index (χ4v) is 4.01. The van der Waals surface area contributed by atoms with Gasteiger partial charge < -0.3 is 10.1 Å². The molecule has 1 heterocycles. The van der Waals surface area contributed by atoms with E-state index in [0.717, 1.165) is 17.1 Å². The molecule has 0 aromatic heterocycles. The molecule has 0 saturated carbocycles. The Hall–Kier alpha value is -1.76. The van der Waals surface area contributed by atoms with Crippen LogP contribution in [0.25, 0.3) is 6.08 Å². The Labute approximate surface area is 161 Å². The van der Waals surface area contributed by atoms with Gasteiger partial charge in [-0.1, -0.05) is 59.9 Å². The molecule has 2 aromatic rings. The van der Waals surface area contributed by atoms with Crippen molar-refractivity contribution in [2.75, 3.05) is 12.4 Å². The number of rotatable bonds is 6. The molecule has 128 valence electrons. The first-order valence-corrected chi connectivity index (χ1v) is 9.99. The van der Waals surface area contributed by atoms with E-state index in [1.165, 1.54) is 22.2 Å². The average molecular weight is 388 g/mol. The van der Waals surface area contributed by atoms with Gasteiger partial charge in [-0.3, -0.25) is 4.79 Å². The van der Waals surface area contributed by atoms with E-state index in [1.54, 1.807) is 11.8 Å². The second kappa shape index (κ2) is 8.56. The molecule has 0 atom stereocenters. The SMILES string of the molecule is Cc1ccc(SCCOc2ccccc2/C=C2\SC(=S)NC2=O)cc1. The van der Waals surface area contributed by atoms with Crippen LogP contribution >= 0.6 is 35.7 Å². The van der Waals surface area contributed by atoms with Gasteiger partial charge in [0.05, 0.1) is 11.5 Å². The van der Waals surface area contributed by atoms with Crippen LogP contribution in [-0.2, 0) is 4.79 Å². The highest BCUT2D eigenvalue weighted by Crippen LogP contribution is 2.29. The molecule has 1 aliphatic heterocycles. The van der Waals surface area contributed by atoms with E-state index >= 15 is 0 Å². The Bertz CT molecular complexity index is 816. The molecule has 6 heteroatoms. The number of aryl methyl sites for hydroxylation is 1. The Morgan fingerprint density at radius 1 is 1.20 bits per heavy atom. The van der Waals surface area contributed by atoms with Crippen LogP contribution in [0.15, 0.2) is 58.3 Å². The number of carbonyl (C=O) groups is 1. The van der Waals surface area contributed by atoms with Gasteiger partial charge in [-0.25, -0.2) is 0 Å². The van der Waals surface area contributed by atoms with Crippen molar-refractivity contribution in [1.29, 1.82) is 0 Å². The normalized spacial score (nSPS) is 15.5. The van der Waals surface area contributed by atoms with Crippen molar-refractivity contribution < 1.29 is 9.53 Å². The van der Waals surface area contributed by atoms with E-state index < -0.39 is 0 Å². The summed E-state index contributed by atoms with van der Waals surface area (Å²) in [5.41, 5.74) is 2.14. The number of nitrogens with one attached hydrogen (secondary N) is 1. The van der Waals surface area contributed by atoms with E-state index in [4.69, 9.17) is 17.0 Å². The van der Waals surface area contributed by atoms with Gasteiger partial charge in [0, 0.05) is 16.2 Å². The van der Waals surface area contributed by atoms with Crippen LogP contribution in [0, 0.1) is 6.92 Å². The third-order valence-electron chi connectivity index (χ3n) is 3.48. The number of para-hydroxylation sites is 1. The molecule has 1 saturated heterocycles. The quantitative estimate of drug-likeness (QED) is 0.338. The van der Waals surface area contributed by atoms with Gasteiger partial charge in [-0.15, -0.1) is 11.8 Å². The molecule has 0 unspecified atom stereocenters. The Morgan fingerprint density at radius 2 is 1.96 bits per heavy atom. The molecule has 3 rings (SSSR count). The number of hydrogen-bond donors (Lipinski definition) is 1. The van der Waals surface area contributed by atoms with E-state index in [-0.39, 0.29) is 5.91 Å². The highest BCUT2D eigenvalue weighted by atomic mass is 32.2. The van der Waals surface area contributed by atoms with E-state index in [2.05, 4.69) is 36.5 Å². The molecule has 0 aliphatic carbocycles. The summed E-state index contributed by atoms with van der Waals surface area (Å²) in [5.74, 6) is 1.47. The predicted molar refractivity (Wildman–Crippen MR) is 110 cm³/mol. The third kappa shape index (κ3) is 5.11. The predicted octanol–water partition coefficient (Wildman–Crippen LogP) is 4.65. The number of benzene rings is 2. The largest absolute Gasteiger partial charge is 0.492 e. The Kier molecular flexibility index (Phi) is 6.18. The fraction of sp³-hybridized carbons (Fsp3) is 0.158. The van der Waals surface area contributed by atoms with E-state index in [0.29, 0.717) is 15.8 Å². The zero-order chi connectivity index (χ0) is 17.6. The van der Waals surface area contributed by atoms with Gasteiger partial charge in [0.25, 0.3) is 5.91 Å². The standard InChI is InChI=1S/C19H17NO2S3/c1-13-6-8-15(9-7-13)24-11-10-22-16-5-3-2-4-14(16)12-17-18(21)20-19(23)25-17/h2-9,12H,10-11H2,1H3,(H,20,21,23)/b17-12-. The highest BCUT2D eigenvalue weighted by molar-refractivity contribution is 8.26. The first-order chi connectivity index (χ1) is 12.1. The minimum Gasteiger partial charge on any atom is -0.492 e. The van der Waals surface area contributed by atoms with Crippen LogP contribution in [0.3, 0.4) is 0 Å². The topological polar surface area (TPSA) is 38.3 Å². The first kappa shape index (κ1) is 18.0. The zero-order valence-electron chi connectivity index (χ0n) is 13.7. The van der Waals surface area contributed by atoms with Crippen LogP contribution < -0.4 is 10.1 Å². The molecule has 1 amide bonds. The number of hydrogen-bond acceptors (Lipinski definition) is 5. The van der Waals surface area contributed by atoms with Crippen molar-refractivity contribution in [2.45, 2.75) is 11.8 Å². The van der Waals surface area contributed by atoms with E-state index in [9.17, 15) is 4.79 Å². The lowest BCUT2D eigenvalue weighted by Gasteiger charge is -2.09. The molecule has 0 bridgehead atoms. The molecule has 0 spiro atoms. The van der Waals surface area contributed by atoms with Gasteiger partial charge in [0.15, 0.2) is 0 Å². The maximum Gasteiger partial charge on any atom is 0.263 e. The maximum absolute atomic E-state index is 11.8. The third-order valence-corrected chi connectivity index (χ3v) is 5.62. The lowest BCUT2D eigenvalue weighted by Crippen LogP contribution is -2.17. The summed E-state index contributed by atoms with van der Waals surface area (Å²) in [6, 6.07) is 16.2. The van der Waals surface area contributed by atoms with Crippen LogP contribution in [-0.4, -0.2) is 22.6 Å². The monoisotopic (exact) mass is 387 g/mol. The van der Waals surface area contributed by atoms with Crippen LogP contribution in [0.4, 0.5) is 0 Å². The summed E-state index contributed by atoms with van der Waals surface area (Å²) in [5, 5.41) is 2.62. The highest BCUT2D eigenvalue weighted by Gasteiger charge is 2.22. The molecule has 2 aromatic carbocycles. The molecular formula is C19H17NO2S3. The van der Waals surface area contributed by atoms with Crippen LogP contribution in [0.1, 0.15) is 11.1 Å². The zero-order valence-corrected chi connectivity index (χ0v) is 16.1. The number of thiocarbonyl (C=S) groups is 1. The smallest absolute Gasteiger partial charge is 0.263 e. The molecule has 0 radical (unpaired) electrons. The van der Waals surface area contributed by atoms with Crippen molar-refractivity contribution in [2.24, 2.45) is 0 Å². The summed E-state index contributed by atoms with van der Waals surface area (Å²) in [6.07, 6.45) is 1.82. The second-order valence-corrected chi connectivity index (χ2v) is 8.29. The first-order valence-electron chi connectivity index (χ1n) is 7.78. The maximum atomic E-state index is 11.8. The lowest BCUT2D eigenvalue weighted by molar-refractivity contribution is -0.115. The molecule has 1 fully saturated rings. The summed E-state index contributed by atoms with van der Waals surface area (Å²) in [7, 11) is 0. The van der Waals surface area contributed by atoms with Crippen LogP contribution in [0.5, 0.6) is 5.75 Å². The lowest BCUT2D eigenvalue weighted by atomic mass is 10.2. The molecular weight excluding hydrogens is 370 g/mol. The minimum absolute atomic E-state index is 0.153. The molecule has 25 heavy (non-hydrogen) atoms. The van der Waals surface area contributed by atoms with Crippen molar-refractivity contribution >= 4 is 52.0 Å². The summed E-state index contributed by atoms with van der Waals surface area (Å²) in [6.45, 7) is 2.68. The van der Waals surface area contributed by atoms with Crippen molar-refractivity contribution in [3.8, 4) is 5.75 Å². The van der Waals surface area contributed by atoms with Gasteiger partial charge in [-0.05, 0) is 31.2 Å². The van der Waals surface area contributed by atoms with Crippen molar-refractivity contribution in [1.82, 2.24) is 5.32 Å². The van der Waals surface area contributed by atoms with Gasteiger partial charge >= 0.3 is 0 Å². The fourth-order valence-electron chi connectivity index (χ4n) is 2.24.